The first kappa shape index (κ1) is 19.1. The molecule has 0 saturated heterocycles. The lowest BCUT2D eigenvalue weighted by molar-refractivity contribution is -0.0738. The first-order valence-corrected chi connectivity index (χ1v) is 10.7. The van der Waals surface area contributed by atoms with E-state index < -0.39 is 11.1 Å². The van der Waals surface area contributed by atoms with Gasteiger partial charge in [0.1, 0.15) is 6.33 Å². The van der Waals surface area contributed by atoms with E-state index in [4.69, 9.17) is 10.7 Å². The van der Waals surface area contributed by atoms with Crippen LogP contribution in [-0.2, 0) is 5.54 Å². The van der Waals surface area contributed by atoms with Gasteiger partial charge in [0.15, 0.2) is 5.65 Å². The van der Waals surface area contributed by atoms with E-state index in [0.29, 0.717) is 12.8 Å². The Kier molecular flexibility index (Phi) is 4.00. The van der Waals surface area contributed by atoms with Crippen molar-refractivity contribution in [1.82, 2.24) is 19.6 Å². The largest absolute Gasteiger partial charge is 0.390 e. The highest BCUT2D eigenvalue weighted by Gasteiger charge is 2.49. The molecule has 5 aromatic rings. The van der Waals surface area contributed by atoms with Crippen molar-refractivity contribution in [2.45, 2.75) is 30.9 Å². The van der Waals surface area contributed by atoms with Gasteiger partial charge < -0.3 is 10.8 Å². The quantitative estimate of drug-likeness (QED) is 0.453. The average Bonchev–Trinajstić information content (AvgIpc) is 3.27. The van der Waals surface area contributed by atoms with Gasteiger partial charge in [-0.05, 0) is 43.0 Å². The van der Waals surface area contributed by atoms with Crippen molar-refractivity contribution in [2.75, 3.05) is 0 Å². The lowest BCUT2D eigenvalue weighted by Gasteiger charge is -2.49. The van der Waals surface area contributed by atoms with E-state index in [-0.39, 0.29) is 0 Å². The zero-order valence-electron chi connectivity index (χ0n) is 17.7. The van der Waals surface area contributed by atoms with Crippen molar-refractivity contribution in [3.05, 3.63) is 84.8 Å². The Labute approximate surface area is 185 Å². The van der Waals surface area contributed by atoms with E-state index in [1.54, 1.807) is 6.33 Å². The molecule has 6 heteroatoms. The number of rotatable bonds is 3. The lowest BCUT2D eigenvalue weighted by Crippen LogP contribution is -2.58. The highest BCUT2D eigenvalue weighted by atomic mass is 16.3. The minimum absolute atomic E-state index is 0.472. The smallest absolute Gasteiger partial charge is 0.170 e. The van der Waals surface area contributed by atoms with Gasteiger partial charge in [-0.3, -0.25) is 4.40 Å². The summed E-state index contributed by atoms with van der Waals surface area (Å²) in [4.78, 5) is 5.05. The van der Waals surface area contributed by atoms with Crippen LogP contribution in [0.4, 0.5) is 0 Å². The Balaban J connectivity index is 1.51. The summed E-state index contributed by atoms with van der Waals surface area (Å²) in [5.41, 5.74) is 12.1. The molecule has 1 aliphatic rings. The Morgan fingerprint density at radius 3 is 2.44 bits per heavy atom. The fourth-order valence-electron chi connectivity index (χ4n) is 5.06. The molecule has 32 heavy (non-hydrogen) atoms. The van der Waals surface area contributed by atoms with E-state index in [9.17, 15) is 5.11 Å². The maximum absolute atomic E-state index is 10.2. The Morgan fingerprint density at radius 1 is 0.969 bits per heavy atom. The molecule has 158 valence electrons. The summed E-state index contributed by atoms with van der Waals surface area (Å²) < 4.78 is 1.90. The second-order valence-corrected chi connectivity index (χ2v) is 9.14. The summed E-state index contributed by atoms with van der Waals surface area (Å²) in [5, 5.41) is 19.5. The lowest BCUT2D eigenvalue weighted by atomic mass is 9.63. The first-order chi connectivity index (χ1) is 15.4. The fourth-order valence-corrected chi connectivity index (χ4v) is 5.06. The summed E-state index contributed by atoms with van der Waals surface area (Å²) in [6, 6.07) is 22.7. The van der Waals surface area contributed by atoms with E-state index in [1.807, 2.05) is 41.8 Å². The Bertz CT molecular complexity index is 1450. The molecule has 0 atom stereocenters. The standard InChI is InChI=1S/C26H23N5O/c1-25(32)14-26(27,15-25)19-9-7-18(8-10-19)23-20(17-5-3-2-4-6-17)13-21-22(29-23)11-12-31-16-28-30-24(21)31/h2-13,16,32H,14-15,27H2,1H3. The van der Waals surface area contributed by atoms with Crippen molar-refractivity contribution in [3.63, 3.8) is 0 Å². The molecule has 2 aromatic carbocycles. The van der Waals surface area contributed by atoms with Crippen LogP contribution in [0.3, 0.4) is 0 Å². The van der Waals surface area contributed by atoms with Gasteiger partial charge >= 0.3 is 0 Å². The maximum atomic E-state index is 10.2. The zero-order chi connectivity index (χ0) is 21.9. The molecule has 1 aliphatic carbocycles. The van der Waals surface area contributed by atoms with E-state index in [2.05, 4.69) is 52.7 Å². The van der Waals surface area contributed by atoms with Crippen LogP contribution >= 0.6 is 0 Å². The highest BCUT2D eigenvalue weighted by molar-refractivity contribution is 5.98. The Hall–Kier alpha value is -3.61. The number of hydrogen-bond acceptors (Lipinski definition) is 5. The molecule has 3 heterocycles. The molecule has 0 amide bonds. The fraction of sp³-hybridized carbons (Fsp3) is 0.192. The topological polar surface area (TPSA) is 89.3 Å². The number of hydrogen-bond donors (Lipinski definition) is 2. The molecule has 0 bridgehead atoms. The van der Waals surface area contributed by atoms with Crippen LogP contribution in [0.25, 0.3) is 38.9 Å². The Morgan fingerprint density at radius 2 is 1.72 bits per heavy atom. The molecule has 1 saturated carbocycles. The molecule has 0 radical (unpaired) electrons. The van der Waals surface area contributed by atoms with Gasteiger partial charge in [-0.2, -0.15) is 0 Å². The van der Waals surface area contributed by atoms with Gasteiger partial charge in [0.05, 0.1) is 16.8 Å². The molecule has 0 spiro atoms. The molecule has 0 unspecified atom stereocenters. The van der Waals surface area contributed by atoms with Gasteiger partial charge in [-0.1, -0.05) is 54.6 Å². The second kappa shape index (κ2) is 6.69. The van der Waals surface area contributed by atoms with Crippen molar-refractivity contribution in [1.29, 1.82) is 0 Å². The first-order valence-electron chi connectivity index (χ1n) is 10.7. The summed E-state index contributed by atoms with van der Waals surface area (Å²) in [7, 11) is 0. The van der Waals surface area contributed by atoms with Crippen LogP contribution in [0.5, 0.6) is 0 Å². The van der Waals surface area contributed by atoms with Crippen LogP contribution in [-0.4, -0.2) is 30.3 Å². The number of aromatic nitrogens is 4. The van der Waals surface area contributed by atoms with Crippen LogP contribution in [0.1, 0.15) is 25.3 Å². The monoisotopic (exact) mass is 421 g/mol. The predicted molar refractivity (Wildman–Crippen MR) is 125 cm³/mol. The van der Waals surface area contributed by atoms with Gasteiger partial charge in [0, 0.05) is 28.2 Å². The minimum atomic E-state index is -0.680. The SMILES string of the molecule is CC1(O)CC(N)(c2ccc(-c3nc4ccn5cnnc5c4cc3-c3ccccc3)cc2)C1. The van der Waals surface area contributed by atoms with Gasteiger partial charge in [-0.15, -0.1) is 10.2 Å². The third kappa shape index (κ3) is 2.99. The number of benzene rings is 2. The van der Waals surface area contributed by atoms with Crippen LogP contribution < -0.4 is 5.73 Å². The summed E-state index contributed by atoms with van der Waals surface area (Å²) >= 11 is 0. The predicted octanol–water partition coefficient (Wildman–Crippen LogP) is 4.31. The zero-order valence-corrected chi connectivity index (χ0v) is 17.7. The number of fused-ring (bicyclic) bond motifs is 3. The molecule has 3 N–H and O–H groups in total. The average molecular weight is 422 g/mol. The third-order valence-electron chi connectivity index (χ3n) is 6.47. The second-order valence-electron chi connectivity index (χ2n) is 9.14. The van der Waals surface area contributed by atoms with E-state index in [1.165, 1.54) is 0 Å². The number of pyridine rings is 2. The summed E-state index contributed by atoms with van der Waals surface area (Å²) in [5.74, 6) is 0. The normalized spacial score (nSPS) is 22.8. The van der Waals surface area contributed by atoms with E-state index in [0.717, 1.165) is 44.5 Å². The van der Waals surface area contributed by atoms with Gasteiger partial charge in [0.25, 0.3) is 0 Å². The van der Waals surface area contributed by atoms with Crippen LogP contribution in [0, 0.1) is 0 Å². The number of nitrogens with zero attached hydrogens (tertiary/aromatic N) is 4. The molecular weight excluding hydrogens is 398 g/mol. The van der Waals surface area contributed by atoms with Crippen molar-refractivity contribution < 1.29 is 5.11 Å². The third-order valence-corrected chi connectivity index (χ3v) is 6.47. The minimum Gasteiger partial charge on any atom is -0.390 e. The highest BCUT2D eigenvalue weighted by Crippen LogP contribution is 2.46. The van der Waals surface area contributed by atoms with Crippen LogP contribution in [0.2, 0.25) is 0 Å². The molecule has 1 fully saturated rings. The maximum Gasteiger partial charge on any atom is 0.170 e. The number of aliphatic hydroxyl groups is 1. The van der Waals surface area contributed by atoms with Crippen LogP contribution in [0.15, 0.2) is 79.3 Å². The molecule has 3 aromatic heterocycles. The summed E-state index contributed by atoms with van der Waals surface area (Å²) in [6.45, 7) is 1.84. The van der Waals surface area contributed by atoms with Gasteiger partial charge in [-0.25, -0.2) is 4.98 Å². The molecule has 6 nitrogen and oxygen atoms in total. The summed E-state index contributed by atoms with van der Waals surface area (Å²) in [6.07, 6.45) is 4.76. The van der Waals surface area contributed by atoms with E-state index >= 15 is 0 Å². The van der Waals surface area contributed by atoms with Crippen molar-refractivity contribution in [2.24, 2.45) is 5.73 Å². The molecule has 6 rings (SSSR count). The van der Waals surface area contributed by atoms with Crippen molar-refractivity contribution >= 4 is 16.6 Å². The van der Waals surface area contributed by atoms with Gasteiger partial charge in [0.2, 0.25) is 0 Å². The molecular formula is C26H23N5O. The number of nitrogens with two attached hydrogens (primary N) is 1. The van der Waals surface area contributed by atoms with Crippen molar-refractivity contribution in [3.8, 4) is 22.4 Å². The molecule has 0 aliphatic heterocycles.